The second-order valence-corrected chi connectivity index (χ2v) is 21.2. The van der Waals surface area contributed by atoms with Gasteiger partial charge in [0.25, 0.3) is 0 Å². The Balaban J connectivity index is 0.811. The van der Waals surface area contributed by atoms with Gasteiger partial charge in [0.05, 0.1) is 0 Å². The molecule has 1 aliphatic carbocycles. The van der Waals surface area contributed by atoms with Crippen LogP contribution in [0.15, 0.2) is 42.6 Å². The molecule has 2 aromatic carbocycles. The summed E-state index contributed by atoms with van der Waals surface area (Å²) in [5.41, 5.74) is 0.649. The fourth-order valence-corrected chi connectivity index (χ4v) is 13.2. The topological polar surface area (TPSA) is 187 Å². The molecule has 1 unspecified atom stereocenters. The van der Waals surface area contributed by atoms with Gasteiger partial charge in [-0.2, -0.15) is 13.2 Å². The molecule has 4 aliphatic rings. The van der Waals surface area contributed by atoms with E-state index in [0.29, 0.717) is 39.1 Å². The summed E-state index contributed by atoms with van der Waals surface area (Å²) in [5.74, 6) is -3.49. The zero-order valence-electron chi connectivity index (χ0n) is 33.5. The first-order valence-electron chi connectivity index (χ1n) is 20.4. The predicted octanol–water partition coefficient (Wildman–Crippen LogP) is 3.23. The fourth-order valence-electron chi connectivity index (χ4n) is 8.54. The Hall–Kier alpha value is -4.60. The number of thiazole rings is 1. The van der Waals surface area contributed by atoms with Crippen molar-refractivity contribution >= 4 is 62.5 Å². The molecule has 8 rings (SSSR count). The SMILES string of the molecule is CC(C)(O)c1cc2nc(C3CCC([I-]N4CCC(CCNc5cccc6c5C(=O)N(C5CCC(=O)NC5=O)C6=O)CC4)CC3)sc2cc1NC(=O)c1ccnc(C(F)(F)F)n1. The molecule has 61 heavy (non-hydrogen) atoms. The molecule has 4 aromatic rings. The summed E-state index contributed by atoms with van der Waals surface area (Å²) in [6.45, 7) is 5.92. The summed E-state index contributed by atoms with van der Waals surface area (Å²) >= 11 is 1.39. The van der Waals surface area contributed by atoms with E-state index in [1.807, 2.05) is 0 Å². The van der Waals surface area contributed by atoms with Crippen molar-refractivity contribution in [2.24, 2.45) is 5.92 Å². The smallest absolute Gasteiger partial charge is 0.233 e. The van der Waals surface area contributed by atoms with Crippen LogP contribution in [0.5, 0.6) is 0 Å². The molecule has 3 aliphatic heterocycles. The zero-order valence-corrected chi connectivity index (χ0v) is 36.5. The molecule has 1 atom stereocenters. The summed E-state index contributed by atoms with van der Waals surface area (Å²) in [6.07, 6.45) is 3.67. The number of nitrogens with zero attached hydrogens (tertiary/aromatic N) is 5. The van der Waals surface area contributed by atoms with Gasteiger partial charge in [0.2, 0.25) is 17.6 Å². The minimum atomic E-state index is -4.80. The van der Waals surface area contributed by atoms with E-state index in [0.717, 1.165) is 84.9 Å². The molecule has 0 radical (unpaired) electrons. The number of benzene rings is 2. The van der Waals surface area contributed by atoms with E-state index in [9.17, 15) is 42.3 Å². The minimum Gasteiger partial charge on any atom is -0.233 e. The second kappa shape index (κ2) is 17.3. The van der Waals surface area contributed by atoms with E-state index in [2.05, 4.69) is 29.0 Å². The number of alkyl halides is 4. The van der Waals surface area contributed by atoms with Gasteiger partial charge in [0, 0.05) is 12.6 Å². The van der Waals surface area contributed by atoms with Crippen LogP contribution in [0.2, 0.25) is 0 Å². The van der Waals surface area contributed by atoms with E-state index < -0.39 is 58.9 Å². The van der Waals surface area contributed by atoms with Crippen molar-refractivity contribution in [3.63, 3.8) is 0 Å². The van der Waals surface area contributed by atoms with Crippen LogP contribution in [0.3, 0.4) is 0 Å². The molecule has 5 heterocycles. The van der Waals surface area contributed by atoms with Crippen LogP contribution in [-0.2, 0) is 21.4 Å². The van der Waals surface area contributed by atoms with Crippen LogP contribution >= 0.6 is 11.3 Å². The molecule has 3 fully saturated rings. The van der Waals surface area contributed by atoms with Gasteiger partial charge in [-0.3, -0.25) is 14.9 Å². The summed E-state index contributed by atoms with van der Waals surface area (Å²) in [6, 6.07) is 8.68. The molecule has 2 saturated heterocycles. The number of aromatic nitrogens is 3. The number of carbonyl (C=O) groups excluding carboxylic acids is 5. The van der Waals surface area contributed by atoms with Crippen molar-refractivity contribution in [3.8, 4) is 0 Å². The van der Waals surface area contributed by atoms with Gasteiger partial charge in [-0.1, -0.05) is 0 Å². The van der Waals surface area contributed by atoms with E-state index >= 15 is 0 Å². The van der Waals surface area contributed by atoms with Crippen molar-refractivity contribution in [3.05, 3.63) is 75.8 Å². The van der Waals surface area contributed by atoms with E-state index in [-0.39, 0.29) is 51.1 Å². The first kappa shape index (κ1) is 43.1. The van der Waals surface area contributed by atoms with Crippen molar-refractivity contribution in [2.45, 2.75) is 99.3 Å². The maximum absolute atomic E-state index is 13.4. The van der Waals surface area contributed by atoms with Crippen molar-refractivity contribution in [1.29, 1.82) is 0 Å². The van der Waals surface area contributed by atoms with Crippen LogP contribution in [0.1, 0.15) is 125 Å². The first-order valence-corrected chi connectivity index (χ1v) is 23.4. The van der Waals surface area contributed by atoms with Crippen LogP contribution in [0.25, 0.3) is 10.2 Å². The van der Waals surface area contributed by atoms with Crippen LogP contribution in [-0.4, -0.2) is 87.2 Å². The standard InChI is InChI=1S/C42H45F3IN8O6S/c1-41(2,60)26-20-30-32(21-29(26)49-35(56)28-13-17-48-40(51-28)42(43,44)45)61-37(50-30)23-6-8-24(9-7-23)46-53-18-14-22(15-19-53)12-16-47-27-5-3-4-25-34(27)39(59)54(38(25)58)31-10-11-33(55)52-36(31)57/h3-5,13,17,20-24,31,47,60H,6-12,14-16,18-19H2,1-2H3,(H,49,56)(H,52,55,57)/q-1. The second-order valence-electron chi connectivity index (χ2n) is 16.5. The van der Waals surface area contributed by atoms with E-state index in [4.69, 9.17) is 4.98 Å². The fraction of sp³-hybridized carbons (Fsp3) is 0.476. The number of piperidine rings is 2. The average Bonchev–Trinajstić information content (AvgIpc) is 3.75. The molecule has 0 bridgehead atoms. The minimum absolute atomic E-state index is 0.0717. The Kier molecular flexibility index (Phi) is 12.2. The summed E-state index contributed by atoms with van der Waals surface area (Å²) in [5, 5.41) is 20.3. The van der Waals surface area contributed by atoms with Gasteiger partial charge in [-0.25, -0.2) is 9.97 Å². The Morgan fingerprint density at radius 3 is 2.43 bits per heavy atom. The number of halogens is 4. The van der Waals surface area contributed by atoms with Crippen molar-refractivity contribution in [2.75, 3.05) is 30.3 Å². The number of amides is 5. The maximum atomic E-state index is 13.4. The Morgan fingerprint density at radius 1 is 0.967 bits per heavy atom. The monoisotopic (exact) mass is 973 g/mol. The quantitative estimate of drug-likeness (QED) is 0.0749. The molecule has 0 spiro atoms. The first-order chi connectivity index (χ1) is 29.0. The Labute approximate surface area is 364 Å². The van der Waals surface area contributed by atoms with Crippen LogP contribution in [0, 0.1) is 5.92 Å². The number of nitrogens with one attached hydrogen (secondary N) is 3. The number of aliphatic hydroxyl groups is 1. The third kappa shape index (κ3) is 9.29. The summed E-state index contributed by atoms with van der Waals surface area (Å²) < 4.78 is 43.8. The van der Waals surface area contributed by atoms with Gasteiger partial charge in [-0.05, 0) is 12.5 Å². The molecule has 14 nitrogen and oxygen atoms in total. The van der Waals surface area contributed by atoms with Gasteiger partial charge in [0.15, 0.2) is 0 Å². The Morgan fingerprint density at radius 2 is 1.72 bits per heavy atom. The number of anilines is 2. The van der Waals surface area contributed by atoms with Crippen molar-refractivity contribution < 1.29 is 63.7 Å². The van der Waals surface area contributed by atoms with Gasteiger partial charge < -0.3 is 0 Å². The number of hydrogen-bond donors (Lipinski definition) is 4. The summed E-state index contributed by atoms with van der Waals surface area (Å²) in [4.78, 5) is 76.4. The molecular formula is C42H45F3IN8O6S-. The van der Waals surface area contributed by atoms with Crippen LogP contribution < -0.4 is 37.4 Å². The van der Waals surface area contributed by atoms with Gasteiger partial charge in [0.1, 0.15) is 0 Å². The molecule has 2 aromatic heterocycles. The predicted molar refractivity (Wildman–Crippen MR) is 215 cm³/mol. The van der Waals surface area contributed by atoms with Crippen molar-refractivity contribution in [1.82, 2.24) is 28.3 Å². The van der Waals surface area contributed by atoms with E-state index in [1.54, 1.807) is 44.2 Å². The molecule has 1 saturated carbocycles. The zero-order chi connectivity index (χ0) is 43.2. The van der Waals surface area contributed by atoms with Gasteiger partial charge >= 0.3 is 285 Å². The molecule has 19 heteroatoms. The average molecular weight is 974 g/mol. The van der Waals surface area contributed by atoms with E-state index in [1.165, 1.54) is 11.3 Å². The number of rotatable bonds is 11. The third-order valence-electron chi connectivity index (χ3n) is 11.8. The van der Waals surface area contributed by atoms with Gasteiger partial charge in [-0.15, -0.1) is 0 Å². The molecule has 4 N–H and O–H groups in total. The molecular weight excluding hydrogens is 928 g/mol. The number of hydrogen-bond acceptors (Lipinski definition) is 12. The molecule has 5 amide bonds. The Bertz CT molecular complexity index is 2390. The normalized spacial score (nSPS) is 21.9. The third-order valence-corrected chi connectivity index (χ3v) is 16.7. The summed E-state index contributed by atoms with van der Waals surface area (Å²) in [7, 11) is 0. The molecule has 324 valence electrons. The number of fused-ring (bicyclic) bond motifs is 2. The number of carbonyl (C=O) groups is 5. The van der Waals surface area contributed by atoms with Crippen LogP contribution in [0.4, 0.5) is 24.5 Å². The number of imide groups is 2.